The smallest absolute Gasteiger partial charge is 0.0700 e. The SMILES string of the molecule is COCCOCCCNC1CSCCC1(C)C. The maximum Gasteiger partial charge on any atom is 0.0700 e. The van der Waals surface area contributed by atoms with E-state index in [1.54, 1.807) is 7.11 Å². The molecule has 1 aliphatic heterocycles. The normalized spacial score (nSPS) is 23.8. The largest absolute Gasteiger partial charge is 0.382 e. The van der Waals surface area contributed by atoms with Crippen LogP contribution in [-0.2, 0) is 9.47 Å². The van der Waals surface area contributed by atoms with Crippen molar-refractivity contribution in [3.63, 3.8) is 0 Å². The van der Waals surface area contributed by atoms with Gasteiger partial charge in [-0.3, -0.25) is 0 Å². The molecular weight excluding hydrogens is 234 g/mol. The second-order valence-corrected chi connectivity index (χ2v) is 6.43. The lowest BCUT2D eigenvalue weighted by molar-refractivity contribution is 0.0687. The van der Waals surface area contributed by atoms with Gasteiger partial charge in [0.15, 0.2) is 0 Å². The summed E-state index contributed by atoms with van der Waals surface area (Å²) in [5, 5.41) is 3.67. The molecule has 0 aliphatic carbocycles. The molecule has 0 bridgehead atoms. The average molecular weight is 261 g/mol. The maximum absolute atomic E-state index is 5.45. The minimum Gasteiger partial charge on any atom is -0.382 e. The number of ether oxygens (including phenoxy) is 2. The highest BCUT2D eigenvalue weighted by Gasteiger charge is 2.31. The van der Waals surface area contributed by atoms with E-state index in [2.05, 4.69) is 30.9 Å². The second-order valence-electron chi connectivity index (χ2n) is 5.28. The predicted molar refractivity (Wildman–Crippen MR) is 74.8 cm³/mol. The third-order valence-electron chi connectivity index (χ3n) is 3.41. The van der Waals surface area contributed by atoms with Gasteiger partial charge in [-0.2, -0.15) is 11.8 Å². The highest BCUT2D eigenvalue weighted by molar-refractivity contribution is 7.99. The first-order valence-electron chi connectivity index (χ1n) is 6.54. The van der Waals surface area contributed by atoms with Crippen LogP contribution in [0.4, 0.5) is 0 Å². The molecule has 0 saturated carbocycles. The van der Waals surface area contributed by atoms with Crippen molar-refractivity contribution < 1.29 is 9.47 Å². The van der Waals surface area contributed by atoms with Crippen LogP contribution in [0.1, 0.15) is 26.7 Å². The fraction of sp³-hybridized carbons (Fsp3) is 1.00. The maximum atomic E-state index is 5.45. The van der Waals surface area contributed by atoms with Crippen molar-refractivity contribution in [1.29, 1.82) is 0 Å². The highest BCUT2D eigenvalue weighted by atomic mass is 32.2. The third-order valence-corrected chi connectivity index (χ3v) is 4.47. The first-order chi connectivity index (χ1) is 8.17. The number of hydrogen-bond acceptors (Lipinski definition) is 4. The zero-order valence-electron chi connectivity index (χ0n) is 11.5. The molecule has 1 rings (SSSR count). The van der Waals surface area contributed by atoms with Crippen LogP contribution in [0.15, 0.2) is 0 Å². The Labute approximate surface area is 110 Å². The van der Waals surface area contributed by atoms with E-state index >= 15 is 0 Å². The van der Waals surface area contributed by atoms with E-state index in [9.17, 15) is 0 Å². The summed E-state index contributed by atoms with van der Waals surface area (Å²) in [6.45, 7) is 8.04. The fourth-order valence-electron chi connectivity index (χ4n) is 1.97. The van der Waals surface area contributed by atoms with Crippen LogP contribution in [0.25, 0.3) is 0 Å². The molecule has 0 aromatic heterocycles. The van der Waals surface area contributed by atoms with E-state index in [4.69, 9.17) is 9.47 Å². The Bertz CT molecular complexity index is 200. The Morgan fingerprint density at radius 1 is 1.29 bits per heavy atom. The molecule has 0 aromatic rings. The summed E-state index contributed by atoms with van der Waals surface area (Å²) in [7, 11) is 1.70. The van der Waals surface area contributed by atoms with Gasteiger partial charge in [0, 0.05) is 25.5 Å². The quantitative estimate of drug-likeness (QED) is 0.678. The summed E-state index contributed by atoms with van der Waals surface area (Å²) in [5.41, 5.74) is 0.447. The van der Waals surface area contributed by atoms with Gasteiger partial charge >= 0.3 is 0 Å². The monoisotopic (exact) mass is 261 g/mol. The second kappa shape index (κ2) is 8.35. The van der Waals surface area contributed by atoms with E-state index < -0.39 is 0 Å². The molecule has 0 aromatic carbocycles. The Hall–Kier alpha value is 0.230. The van der Waals surface area contributed by atoms with E-state index in [0.29, 0.717) is 24.7 Å². The first kappa shape index (κ1) is 15.3. The number of rotatable bonds is 8. The molecule has 1 fully saturated rings. The van der Waals surface area contributed by atoms with Gasteiger partial charge in [0.25, 0.3) is 0 Å². The van der Waals surface area contributed by atoms with Crippen LogP contribution < -0.4 is 5.32 Å². The molecule has 1 aliphatic rings. The van der Waals surface area contributed by atoms with Gasteiger partial charge in [-0.25, -0.2) is 0 Å². The topological polar surface area (TPSA) is 30.5 Å². The Balaban J connectivity index is 2.01. The molecule has 17 heavy (non-hydrogen) atoms. The summed E-state index contributed by atoms with van der Waals surface area (Å²) in [6, 6.07) is 0.653. The number of hydrogen-bond donors (Lipinski definition) is 1. The molecule has 1 heterocycles. The zero-order valence-corrected chi connectivity index (χ0v) is 12.3. The number of thioether (sulfide) groups is 1. The van der Waals surface area contributed by atoms with Crippen molar-refractivity contribution in [3.05, 3.63) is 0 Å². The van der Waals surface area contributed by atoms with E-state index in [-0.39, 0.29) is 0 Å². The molecule has 1 saturated heterocycles. The molecule has 1 N–H and O–H groups in total. The van der Waals surface area contributed by atoms with Gasteiger partial charge in [-0.1, -0.05) is 13.8 Å². The Morgan fingerprint density at radius 3 is 2.82 bits per heavy atom. The lowest BCUT2D eigenvalue weighted by atomic mass is 9.82. The fourth-order valence-corrected chi connectivity index (χ4v) is 3.61. The highest BCUT2D eigenvalue weighted by Crippen LogP contribution is 2.33. The van der Waals surface area contributed by atoms with Gasteiger partial charge in [0.2, 0.25) is 0 Å². The van der Waals surface area contributed by atoms with Crippen molar-refractivity contribution in [2.75, 3.05) is 45.0 Å². The minimum atomic E-state index is 0.447. The van der Waals surface area contributed by atoms with Crippen molar-refractivity contribution >= 4 is 11.8 Å². The standard InChI is InChI=1S/C13H27NO2S/c1-13(2)5-10-17-11-12(13)14-6-4-7-16-9-8-15-3/h12,14H,4-11H2,1-3H3. The number of methoxy groups -OCH3 is 1. The van der Waals surface area contributed by atoms with Crippen molar-refractivity contribution in [3.8, 4) is 0 Å². The van der Waals surface area contributed by atoms with Gasteiger partial charge in [-0.15, -0.1) is 0 Å². The van der Waals surface area contributed by atoms with Crippen LogP contribution in [0.5, 0.6) is 0 Å². The van der Waals surface area contributed by atoms with Crippen LogP contribution in [0.2, 0.25) is 0 Å². The van der Waals surface area contributed by atoms with Crippen LogP contribution in [0.3, 0.4) is 0 Å². The van der Waals surface area contributed by atoms with E-state index in [1.165, 1.54) is 17.9 Å². The summed E-state index contributed by atoms with van der Waals surface area (Å²) in [6.07, 6.45) is 2.40. The lowest BCUT2D eigenvalue weighted by Crippen LogP contribution is -2.47. The minimum absolute atomic E-state index is 0.447. The molecule has 3 nitrogen and oxygen atoms in total. The van der Waals surface area contributed by atoms with Crippen molar-refractivity contribution in [1.82, 2.24) is 5.32 Å². The third kappa shape index (κ3) is 6.09. The van der Waals surface area contributed by atoms with Gasteiger partial charge in [0.05, 0.1) is 13.2 Å². The predicted octanol–water partition coefficient (Wildman–Crippen LogP) is 2.16. The molecular formula is C13H27NO2S. The van der Waals surface area contributed by atoms with Crippen molar-refractivity contribution in [2.24, 2.45) is 5.41 Å². The van der Waals surface area contributed by atoms with Gasteiger partial charge < -0.3 is 14.8 Å². The van der Waals surface area contributed by atoms with E-state index in [1.807, 2.05) is 0 Å². The summed E-state index contributed by atoms with van der Waals surface area (Å²) in [4.78, 5) is 0. The Morgan fingerprint density at radius 2 is 2.12 bits per heavy atom. The molecule has 1 atom stereocenters. The van der Waals surface area contributed by atoms with Crippen molar-refractivity contribution in [2.45, 2.75) is 32.7 Å². The molecule has 4 heteroatoms. The average Bonchev–Trinajstić information content (AvgIpc) is 2.29. The van der Waals surface area contributed by atoms with E-state index in [0.717, 1.165) is 19.6 Å². The summed E-state index contributed by atoms with van der Waals surface area (Å²) >= 11 is 2.07. The van der Waals surface area contributed by atoms with Gasteiger partial charge in [0.1, 0.15) is 0 Å². The van der Waals surface area contributed by atoms with Crippen LogP contribution in [0, 0.1) is 5.41 Å². The molecule has 0 amide bonds. The molecule has 0 spiro atoms. The lowest BCUT2D eigenvalue weighted by Gasteiger charge is -2.38. The Kier molecular flexibility index (Phi) is 7.51. The molecule has 0 radical (unpaired) electrons. The summed E-state index contributed by atoms with van der Waals surface area (Å²) < 4.78 is 10.4. The van der Waals surface area contributed by atoms with Crippen LogP contribution >= 0.6 is 11.8 Å². The molecule has 102 valence electrons. The molecule has 1 unspecified atom stereocenters. The first-order valence-corrected chi connectivity index (χ1v) is 7.70. The zero-order chi connectivity index (χ0) is 12.6. The number of nitrogens with one attached hydrogen (secondary N) is 1. The van der Waals surface area contributed by atoms with Crippen LogP contribution in [-0.4, -0.2) is 51.0 Å². The summed E-state index contributed by atoms with van der Waals surface area (Å²) in [5.74, 6) is 2.56. The van der Waals surface area contributed by atoms with Gasteiger partial charge in [-0.05, 0) is 30.6 Å².